The molecule has 2 aromatic carbocycles. The molecule has 0 fully saturated rings. The Hall–Kier alpha value is -2.42. The molecule has 0 saturated carbocycles. The maximum absolute atomic E-state index is 13.9. The van der Waals surface area contributed by atoms with Gasteiger partial charge in [-0.15, -0.1) is 0 Å². The van der Waals surface area contributed by atoms with Crippen molar-refractivity contribution in [1.29, 1.82) is 5.26 Å². The molecule has 0 aliphatic rings. The normalized spacial score (nSPS) is 13.0. The summed E-state index contributed by atoms with van der Waals surface area (Å²) in [6, 6.07) is 12.8. The number of likely N-dealkylation sites (N-methyl/N-ethyl adjacent to an activating group) is 1. The van der Waals surface area contributed by atoms with E-state index in [2.05, 4.69) is 5.32 Å². The van der Waals surface area contributed by atoms with Gasteiger partial charge in [0.2, 0.25) is 0 Å². The molecule has 1 unspecified atom stereocenters. The largest absolute Gasteiger partial charge is 0.323 e. The molecule has 2 atom stereocenters. The van der Waals surface area contributed by atoms with E-state index in [-0.39, 0.29) is 11.7 Å². The lowest BCUT2D eigenvalue weighted by atomic mass is 10.1. The number of nitrogens with one attached hydrogen (secondary N) is 2. The monoisotopic (exact) mass is 346 g/mol. The number of hydrogen-bond donors (Lipinski definition) is 2. The summed E-state index contributed by atoms with van der Waals surface area (Å²) in [7, 11) is 1.81. The predicted molar refractivity (Wildman–Crippen MR) is 91.2 cm³/mol. The summed E-state index contributed by atoms with van der Waals surface area (Å²) in [4.78, 5) is 13.2. The van der Waals surface area contributed by atoms with Gasteiger partial charge < -0.3 is 10.2 Å². The maximum Gasteiger partial charge on any atom is 0.282 e. The Balaban J connectivity index is 2.02. The van der Waals surface area contributed by atoms with Gasteiger partial charge in [0.05, 0.1) is 29.3 Å². The van der Waals surface area contributed by atoms with Crippen LogP contribution < -0.4 is 10.2 Å². The zero-order chi connectivity index (χ0) is 17.7. The second-order valence-electron chi connectivity index (χ2n) is 5.62. The lowest BCUT2D eigenvalue weighted by Crippen LogP contribution is -3.12. The van der Waals surface area contributed by atoms with Gasteiger partial charge in [-0.3, -0.25) is 4.79 Å². The summed E-state index contributed by atoms with van der Waals surface area (Å²) >= 11 is 6.04. The van der Waals surface area contributed by atoms with Gasteiger partial charge >= 0.3 is 0 Å². The molecule has 1 amide bonds. The molecule has 2 N–H and O–H groups in total. The summed E-state index contributed by atoms with van der Waals surface area (Å²) in [5, 5.41) is 11.9. The van der Waals surface area contributed by atoms with E-state index in [4.69, 9.17) is 16.9 Å². The van der Waals surface area contributed by atoms with Crippen molar-refractivity contribution >= 4 is 23.2 Å². The van der Waals surface area contributed by atoms with E-state index < -0.39 is 6.04 Å². The summed E-state index contributed by atoms with van der Waals surface area (Å²) in [5.41, 5.74) is 1.54. The molecule has 6 heteroatoms. The Labute approximate surface area is 145 Å². The van der Waals surface area contributed by atoms with Crippen molar-refractivity contribution in [3.05, 3.63) is 64.4 Å². The van der Waals surface area contributed by atoms with Crippen molar-refractivity contribution in [1.82, 2.24) is 0 Å². The van der Waals surface area contributed by atoms with Gasteiger partial charge in [-0.05, 0) is 43.3 Å². The van der Waals surface area contributed by atoms with Crippen LogP contribution in [0.25, 0.3) is 0 Å². The Morgan fingerprint density at radius 1 is 1.33 bits per heavy atom. The summed E-state index contributed by atoms with van der Waals surface area (Å²) in [5.74, 6) is -0.564. The average Bonchev–Trinajstić information content (AvgIpc) is 2.58. The van der Waals surface area contributed by atoms with Crippen molar-refractivity contribution in [2.75, 3.05) is 12.4 Å². The molecule has 0 aliphatic carbocycles. The van der Waals surface area contributed by atoms with Crippen LogP contribution in [0.3, 0.4) is 0 Å². The molecule has 0 bridgehead atoms. The number of rotatable bonds is 5. The second kappa shape index (κ2) is 7.91. The Morgan fingerprint density at radius 3 is 2.58 bits per heavy atom. The minimum atomic E-state index is -0.406. The molecule has 0 radical (unpaired) electrons. The number of amides is 1. The predicted octanol–water partition coefficient (Wildman–Crippen LogP) is 2.39. The average molecular weight is 347 g/mol. The van der Waals surface area contributed by atoms with E-state index >= 15 is 0 Å². The lowest BCUT2D eigenvalue weighted by Gasteiger charge is -2.21. The highest BCUT2D eigenvalue weighted by atomic mass is 35.5. The third kappa shape index (κ3) is 4.31. The number of carbonyl (C=O) groups is 1. The number of hydrogen-bond acceptors (Lipinski definition) is 2. The first-order valence-electron chi connectivity index (χ1n) is 7.48. The Morgan fingerprint density at radius 2 is 2.00 bits per heavy atom. The molecule has 0 spiro atoms. The van der Waals surface area contributed by atoms with Crippen LogP contribution in [0.5, 0.6) is 0 Å². The number of carbonyl (C=O) groups excluding carboxylic acids is 1. The molecule has 0 aliphatic heterocycles. The lowest BCUT2D eigenvalue weighted by molar-refractivity contribution is -0.908. The van der Waals surface area contributed by atoms with E-state index in [9.17, 15) is 9.18 Å². The van der Waals surface area contributed by atoms with Gasteiger partial charge in [-0.2, -0.15) is 5.26 Å². The molecule has 4 nitrogen and oxygen atoms in total. The van der Waals surface area contributed by atoms with Crippen LogP contribution in [0.2, 0.25) is 5.02 Å². The quantitative estimate of drug-likeness (QED) is 0.873. The minimum Gasteiger partial charge on any atom is -0.323 e. The molecule has 0 saturated heterocycles. The Bertz CT molecular complexity index is 751. The van der Waals surface area contributed by atoms with Gasteiger partial charge in [0.15, 0.2) is 6.04 Å². The first-order valence-corrected chi connectivity index (χ1v) is 7.86. The van der Waals surface area contributed by atoms with Gasteiger partial charge in [0.25, 0.3) is 5.91 Å². The first kappa shape index (κ1) is 17.9. The summed E-state index contributed by atoms with van der Waals surface area (Å²) in [6.45, 7) is 2.07. The highest BCUT2D eigenvalue weighted by molar-refractivity contribution is 6.31. The van der Waals surface area contributed by atoms with Crippen LogP contribution in [0.4, 0.5) is 10.1 Å². The van der Waals surface area contributed by atoms with E-state index in [0.29, 0.717) is 28.4 Å². The molecule has 2 rings (SSSR count). The van der Waals surface area contributed by atoms with Gasteiger partial charge in [0.1, 0.15) is 12.4 Å². The number of benzene rings is 2. The summed E-state index contributed by atoms with van der Waals surface area (Å²) < 4.78 is 13.9. The molecular formula is C18H18ClFN3O+. The molecule has 124 valence electrons. The fraction of sp³-hybridized carbons (Fsp3) is 0.222. The van der Waals surface area contributed by atoms with Crippen molar-refractivity contribution in [2.45, 2.75) is 19.5 Å². The highest BCUT2D eigenvalue weighted by Gasteiger charge is 2.24. The van der Waals surface area contributed by atoms with Gasteiger partial charge in [0, 0.05) is 5.69 Å². The highest BCUT2D eigenvalue weighted by Crippen LogP contribution is 2.17. The molecule has 0 aromatic heterocycles. The van der Waals surface area contributed by atoms with E-state index in [0.717, 1.165) is 4.90 Å². The minimum absolute atomic E-state index is 0.190. The van der Waals surface area contributed by atoms with Crippen LogP contribution in [0.1, 0.15) is 18.1 Å². The van der Waals surface area contributed by atoms with Crippen LogP contribution in [-0.2, 0) is 11.3 Å². The zero-order valence-electron chi connectivity index (χ0n) is 13.4. The topological polar surface area (TPSA) is 57.3 Å². The van der Waals surface area contributed by atoms with Crippen molar-refractivity contribution in [3.63, 3.8) is 0 Å². The Kier molecular flexibility index (Phi) is 5.91. The van der Waals surface area contributed by atoms with Gasteiger partial charge in [-0.1, -0.05) is 17.7 Å². The third-order valence-electron chi connectivity index (χ3n) is 3.93. The standard InChI is InChI=1S/C18H17ClFN3O/c1-12(18(24)22-14-8-6-13(10-21)7-9-14)23(2)11-15-16(19)4-3-5-17(15)20/h3-9,12H,11H2,1-2H3,(H,22,24)/p+1/t12-/m0/s1. The SMILES string of the molecule is C[C@@H](C(=O)Nc1ccc(C#N)cc1)[NH+](C)Cc1c(F)cccc1Cl. The van der Waals surface area contributed by atoms with E-state index in [1.165, 1.54) is 6.07 Å². The third-order valence-corrected chi connectivity index (χ3v) is 4.29. The van der Waals surface area contributed by atoms with Crippen molar-refractivity contribution in [3.8, 4) is 6.07 Å². The first-order chi connectivity index (χ1) is 11.4. The number of anilines is 1. The maximum atomic E-state index is 13.9. The summed E-state index contributed by atoms with van der Waals surface area (Å²) in [6.07, 6.45) is 0. The zero-order valence-corrected chi connectivity index (χ0v) is 14.2. The second-order valence-corrected chi connectivity index (χ2v) is 6.03. The van der Waals surface area contributed by atoms with Gasteiger partial charge in [-0.25, -0.2) is 4.39 Å². The van der Waals surface area contributed by atoms with Crippen LogP contribution in [0.15, 0.2) is 42.5 Å². The number of nitriles is 1. The van der Waals surface area contributed by atoms with Crippen LogP contribution >= 0.6 is 11.6 Å². The molecule has 24 heavy (non-hydrogen) atoms. The van der Waals surface area contributed by atoms with E-state index in [1.807, 2.05) is 13.1 Å². The fourth-order valence-corrected chi connectivity index (χ4v) is 2.47. The number of nitrogens with zero attached hydrogens (tertiary/aromatic N) is 1. The number of quaternary nitrogens is 1. The smallest absolute Gasteiger partial charge is 0.282 e. The van der Waals surface area contributed by atoms with Crippen LogP contribution in [0, 0.1) is 17.1 Å². The molecule has 2 aromatic rings. The van der Waals surface area contributed by atoms with Crippen molar-refractivity contribution in [2.24, 2.45) is 0 Å². The molecular weight excluding hydrogens is 329 g/mol. The number of halogens is 2. The van der Waals surface area contributed by atoms with Crippen LogP contribution in [-0.4, -0.2) is 19.0 Å². The fourth-order valence-electron chi connectivity index (χ4n) is 2.24. The van der Waals surface area contributed by atoms with E-state index in [1.54, 1.807) is 43.3 Å². The van der Waals surface area contributed by atoms with Crippen molar-refractivity contribution < 1.29 is 14.1 Å². The molecule has 0 heterocycles.